The third-order valence-electron chi connectivity index (χ3n) is 7.36. The van der Waals surface area contributed by atoms with Gasteiger partial charge in [-0.15, -0.1) is 0 Å². The Morgan fingerprint density at radius 3 is 2.23 bits per heavy atom. The van der Waals surface area contributed by atoms with E-state index in [0.29, 0.717) is 12.4 Å². The third-order valence-corrected chi connectivity index (χ3v) is 7.36. The standard InChI is InChI=1S/C33H28N2O5/c36-32(37)29(17-22-18-34-31-23(22)15-8-16-30(31)39-19-21-9-2-1-3-10-21)35-33(38)40-20-28-26-13-6-4-11-24(26)25-12-5-7-14-27(25)28/h1-16,18,28-29,34H,17,19-20H2,(H,35,38)(H,36,37)/t29-/m1/s1. The first-order valence-electron chi connectivity index (χ1n) is 13.2. The number of carbonyl (C=O) groups is 2. The van der Waals surface area contributed by atoms with Gasteiger partial charge in [0.2, 0.25) is 0 Å². The molecule has 6 rings (SSSR count). The SMILES string of the molecule is O=C(N[C@H](Cc1c[nH]c2c(OCc3ccccc3)cccc12)C(=O)O)OCC1c2ccccc2-c2ccccc21. The van der Waals surface area contributed by atoms with Crippen LogP contribution in [-0.4, -0.2) is 34.8 Å². The summed E-state index contributed by atoms with van der Waals surface area (Å²) in [4.78, 5) is 28.1. The molecular weight excluding hydrogens is 504 g/mol. The van der Waals surface area contributed by atoms with Crippen molar-refractivity contribution in [1.82, 2.24) is 10.3 Å². The van der Waals surface area contributed by atoms with Gasteiger partial charge in [-0.3, -0.25) is 0 Å². The molecule has 0 saturated carbocycles. The minimum atomic E-state index is -1.16. The number of aromatic amines is 1. The van der Waals surface area contributed by atoms with Crippen LogP contribution in [-0.2, 0) is 22.6 Å². The largest absolute Gasteiger partial charge is 0.487 e. The summed E-state index contributed by atoms with van der Waals surface area (Å²) < 4.78 is 11.6. The van der Waals surface area contributed by atoms with Crippen LogP contribution < -0.4 is 10.1 Å². The maximum atomic E-state index is 12.8. The highest BCUT2D eigenvalue weighted by Crippen LogP contribution is 2.44. The second-order valence-corrected chi connectivity index (χ2v) is 9.83. The van der Waals surface area contributed by atoms with Crippen molar-refractivity contribution in [3.05, 3.63) is 126 Å². The summed E-state index contributed by atoms with van der Waals surface area (Å²) in [5, 5.41) is 13.3. The first-order chi connectivity index (χ1) is 19.6. The maximum absolute atomic E-state index is 12.8. The lowest BCUT2D eigenvalue weighted by molar-refractivity contribution is -0.139. The minimum absolute atomic E-state index is 0.0850. The number of alkyl carbamates (subject to hydrolysis) is 1. The minimum Gasteiger partial charge on any atom is -0.487 e. The number of benzene rings is 4. The van der Waals surface area contributed by atoms with E-state index in [1.165, 1.54) is 0 Å². The molecule has 7 nitrogen and oxygen atoms in total. The van der Waals surface area contributed by atoms with Crippen molar-refractivity contribution in [3.63, 3.8) is 0 Å². The number of H-pyrrole nitrogens is 1. The summed E-state index contributed by atoms with van der Waals surface area (Å²) in [7, 11) is 0. The molecule has 1 aliphatic carbocycles. The summed E-state index contributed by atoms with van der Waals surface area (Å²) in [5.41, 5.74) is 7.02. The van der Waals surface area contributed by atoms with E-state index >= 15 is 0 Å². The lowest BCUT2D eigenvalue weighted by Gasteiger charge is -2.17. The molecule has 1 heterocycles. The lowest BCUT2D eigenvalue weighted by atomic mass is 9.98. The number of hydrogen-bond donors (Lipinski definition) is 3. The van der Waals surface area contributed by atoms with Gasteiger partial charge in [0.05, 0.1) is 5.52 Å². The van der Waals surface area contributed by atoms with Crippen molar-refractivity contribution in [2.45, 2.75) is 25.0 Å². The number of ether oxygens (including phenoxy) is 2. The molecule has 4 aromatic carbocycles. The number of carboxylic acids is 1. The number of fused-ring (bicyclic) bond motifs is 4. The summed E-state index contributed by atoms with van der Waals surface area (Å²) >= 11 is 0. The molecule has 0 unspecified atom stereocenters. The van der Waals surface area contributed by atoms with E-state index in [0.717, 1.165) is 44.3 Å². The fourth-order valence-electron chi connectivity index (χ4n) is 5.41. The molecule has 1 amide bonds. The van der Waals surface area contributed by atoms with Crippen molar-refractivity contribution in [1.29, 1.82) is 0 Å². The van der Waals surface area contributed by atoms with Gasteiger partial charge in [-0.2, -0.15) is 0 Å². The number of aromatic nitrogens is 1. The molecule has 1 aliphatic rings. The molecule has 0 bridgehead atoms. The van der Waals surface area contributed by atoms with Crippen molar-refractivity contribution >= 4 is 23.0 Å². The Kier molecular flexibility index (Phi) is 6.93. The highest BCUT2D eigenvalue weighted by molar-refractivity contribution is 5.89. The van der Waals surface area contributed by atoms with Gasteiger partial charge >= 0.3 is 12.1 Å². The van der Waals surface area contributed by atoms with E-state index in [2.05, 4.69) is 22.4 Å². The number of rotatable bonds is 9. The Bertz CT molecular complexity index is 1630. The molecule has 0 saturated heterocycles. The Morgan fingerprint density at radius 1 is 0.850 bits per heavy atom. The smallest absolute Gasteiger partial charge is 0.407 e. The number of carboxylic acid groups (broad SMARTS) is 1. The van der Waals surface area contributed by atoms with Gasteiger partial charge in [-0.1, -0.05) is 91.0 Å². The van der Waals surface area contributed by atoms with Gasteiger partial charge in [0.1, 0.15) is 25.0 Å². The first-order valence-corrected chi connectivity index (χ1v) is 13.2. The van der Waals surface area contributed by atoms with Crippen LogP contribution in [0.2, 0.25) is 0 Å². The van der Waals surface area contributed by atoms with Gasteiger partial charge in [-0.05, 0) is 39.4 Å². The van der Waals surface area contributed by atoms with Crippen LogP contribution in [0.25, 0.3) is 22.0 Å². The highest BCUT2D eigenvalue weighted by atomic mass is 16.5. The van der Waals surface area contributed by atoms with Crippen LogP contribution in [0.3, 0.4) is 0 Å². The first kappa shape index (κ1) is 25.2. The Labute approximate surface area is 231 Å². The number of aliphatic carboxylic acids is 1. The zero-order valence-corrected chi connectivity index (χ0v) is 21.7. The summed E-state index contributed by atoms with van der Waals surface area (Å²) in [6.45, 7) is 0.525. The fraction of sp³-hybridized carbons (Fsp3) is 0.152. The Hall–Kier alpha value is -5.04. The second kappa shape index (κ2) is 11.0. The average molecular weight is 533 g/mol. The molecule has 200 valence electrons. The zero-order valence-electron chi connectivity index (χ0n) is 21.7. The van der Waals surface area contributed by atoms with Gasteiger partial charge in [0.15, 0.2) is 0 Å². The number of hydrogen-bond acceptors (Lipinski definition) is 4. The Morgan fingerprint density at radius 2 is 1.52 bits per heavy atom. The van der Waals surface area contributed by atoms with E-state index in [1.807, 2.05) is 84.9 Å². The molecule has 0 fully saturated rings. The van der Waals surface area contributed by atoms with Crippen LogP contribution in [0, 0.1) is 0 Å². The predicted molar refractivity (Wildman–Crippen MR) is 152 cm³/mol. The average Bonchev–Trinajstić information content (AvgIpc) is 3.54. The quantitative estimate of drug-likeness (QED) is 0.207. The fourth-order valence-corrected chi connectivity index (χ4v) is 5.41. The van der Waals surface area contributed by atoms with Crippen molar-refractivity contribution < 1.29 is 24.2 Å². The van der Waals surface area contributed by atoms with E-state index in [-0.39, 0.29) is 18.9 Å². The summed E-state index contributed by atoms with van der Waals surface area (Å²) in [5.74, 6) is -0.576. The molecule has 0 spiro atoms. The van der Waals surface area contributed by atoms with Crippen LogP contribution >= 0.6 is 0 Å². The van der Waals surface area contributed by atoms with Crippen molar-refractivity contribution in [2.75, 3.05) is 6.61 Å². The third kappa shape index (κ3) is 5.01. The van der Waals surface area contributed by atoms with E-state index in [4.69, 9.17) is 9.47 Å². The topological polar surface area (TPSA) is 101 Å². The molecular formula is C33H28N2O5. The molecule has 5 aromatic rings. The number of carbonyl (C=O) groups excluding carboxylic acids is 1. The number of amides is 1. The van der Waals surface area contributed by atoms with Gasteiger partial charge in [-0.25, -0.2) is 9.59 Å². The lowest BCUT2D eigenvalue weighted by Crippen LogP contribution is -2.42. The van der Waals surface area contributed by atoms with E-state index in [9.17, 15) is 14.7 Å². The van der Waals surface area contributed by atoms with Gasteiger partial charge in [0.25, 0.3) is 0 Å². The van der Waals surface area contributed by atoms with Crippen LogP contribution in [0.1, 0.15) is 28.2 Å². The molecule has 1 aromatic heterocycles. The zero-order chi connectivity index (χ0) is 27.5. The van der Waals surface area contributed by atoms with E-state index in [1.54, 1.807) is 6.20 Å². The van der Waals surface area contributed by atoms with Crippen LogP contribution in [0.5, 0.6) is 5.75 Å². The molecule has 0 aliphatic heterocycles. The monoisotopic (exact) mass is 532 g/mol. The van der Waals surface area contributed by atoms with Crippen molar-refractivity contribution in [3.8, 4) is 16.9 Å². The van der Waals surface area contributed by atoms with E-state index < -0.39 is 18.1 Å². The summed E-state index contributed by atoms with van der Waals surface area (Å²) in [6.07, 6.45) is 1.08. The van der Waals surface area contributed by atoms with Crippen LogP contribution in [0.15, 0.2) is 103 Å². The molecule has 40 heavy (non-hydrogen) atoms. The predicted octanol–water partition coefficient (Wildman–Crippen LogP) is 6.28. The van der Waals surface area contributed by atoms with Crippen LogP contribution in [0.4, 0.5) is 4.79 Å². The summed E-state index contributed by atoms with van der Waals surface area (Å²) in [6, 6.07) is 30.5. The van der Waals surface area contributed by atoms with Gasteiger partial charge in [0, 0.05) is 23.9 Å². The maximum Gasteiger partial charge on any atom is 0.407 e. The van der Waals surface area contributed by atoms with Gasteiger partial charge < -0.3 is 24.9 Å². The molecule has 7 heteroatoms. The molecule has 3 N–H and O–H groups in total. The number of nitrogens with one attached hydrogen (secondary N) is 2. The number of para-hydroxylation sites is 1. The highest BCUT2D eigenvalue weighted by Gasteiger charge is 2.30. The molecule has 0 radical (unpaired) electrons. The van der Waals surface area contributed by atoms with Crippen molar-refractivity contribution in [2.24, 2.45) is 0 Å². The second-order valence-electron chi connectivity index (χ2n) is 9.83. The normalized spacial score (nSPS) is 12.9. The molecule has 1 atom stereocenters. The Balaban J connectivity index is 1.13.